The fraction of sp³-hybridized carbons (Fsp3) is 0.208. The predicted octanol–water partition coefficient (Wildman–Crippen LogP) is 5.10. The molecule has 1 aromatic heterocycles. The first-order chi connectivity index (χ1) is 23.0. The van der Waals surface area contributed by atoms with Gasteiger partial charge >= 0.3 is 0 Å². The monoisotopic (exact) mass is 485 g/mol. The Morgan fingerprint density at radius 3 is 3.03 bits per heavy atom. The Bertz CT molecular complexity index is 1980. The number of nitrogens with one attached hydrogen (secondary N) is 2. The topological polar surface area (TPSA) is 90.3 Å². The second kappa shape index (κ2) is 10.8. The van der Waals surface area contributed by atoms with Gasteiger partial charge in [-0.2, -0.15) is 5.26 Å². The van der Waals surface area contributed by atoms with Crippen LogP contribution in [0.3, 0.4) is 0 Å². The summed E-state index contributed by atoms with van der Waals surface area (Å²) in [5, 5.41) is 12.5. The van der Waals surface area contributed by atoms with E-state index in [4.69, 9.17) is 41.0 Å². The van der Waals surface area contributed by atoms with Crippen LogP contribution in [0.5, 0.6) is 5.75 Å². The summed E-state index contributed by atoms with van der Waals surface area (Å²) in [4.78, 5) is 16.4. The third kappa shape index (κ3) is 5.98. The molecular formula is C24H23ClFN5O2. The molecule has 0 aliphatic carbocycles. The van der Waals surface area contributed by atoms with E-state index in [-0.39, 0.29) is 0 Å². The largest absolute Gasteiger partial charge is 0.492 e. The van der Waals surface area contributed by atoms with Gasteiger partial charge in [0.1, 0.15) is 17.6 Å². The molecule has 3 aromatic rings. The highest BCUT2D eigenvalue weighted by Crippen LogP contribution is 2.36. The van der Waals surface area contributed by atoms with Crippen LogP contribution in [0.25, 0.3) is 10.9 Å². The van der Waals surface area contributed by atoms with Crippen LogP contribution < -0.4 is 15.4 Å². The lowest BCUT2D eigenvalue weighted by atomic mass is 10.1. The van der Waals surface area contributed by atoms with Gasteiger partial charge in [-0.25, -0.2) is 4.39 Å². The van der Waals surface area contributed by atoms with Crippen molar-refractivity contribution in [2.45, 2.75) is 6.92 Å². The summed E-state index contributed by atoms with van der Waals surface area (Å²) in [7, 11) is 0. The molecule has 2 N–H and O–H groups in total. The van der Waals surface area contributed by atoms with Crippen molar-refractivity contribution in [1.29, 1.82) is 5.26 Å². The Morgan fingerprint density at radius 1 is 1.48 bits per heavy atom. The average Bonchev–Trinajstić information content (AvgIpc) is 2.98. The Balaban J connectivity index is 2.44. The highest BCUT2D eigenvalue weighted by atomic mass is 35.5. The number of amides is 1. The van der Waals surface area contributed by atoms with Gasteiger partial charge in [-0.1, -0.05) is 17.7 Å². The second-order valence-corrected chi connectivity index (χ2v) is 6.10. The number of ether oxygens (including phenoxy) is 1. The molecule has 0 radical (unpaired) electrons. The van der Waals surface area contributed by atoms with E-state index >= 15 is 0 Å². The Hall–Kier alpha value is -3.67. The van der Waals surface area contributed by atoms with Crippen LogP contribution in [-0.4, -0.2) is 42.8 Å². The van der Waals surface area contributed by atoms with Crippen LogP contribution in [-0.2, 0) is 4.79 Å². The SMILES string of the molecule is [2H]/C(C(=O)Nc1c(OC([2H])([2H])C)c([2H])c2nc([2H])c(C#N)c(Nc3c([2H])c([2H])c(F)c(Cl)c3[2H])c2c1[2H])=C(/[2H])C([2H])([2H])N(C([2H])([2H])[2H])C([2H])([2H])[2H]. The molecule has 0 bridgehead atoms. The summed E-state index contributed by atoms with van der Waals surface area (Å²) >= 11 is 5.81. The molecule has 9 heteroatoms. The molecule has 170 valence electrons. The number of anilines is 3. The lowest BCUT2D eigenvalue weighted by molar-refractivity contribution is -0.111. The quantitative estimate of drug-likeness (QED) is 0.431. The van der Waals surface area contributed by atoms with Crippen molar-refractivity contribution in [1.82, 2.24) is 9.88 Å². The number of pyridine rings is 1. The number of halogens is 2. The molecule has 33 heavy (non-hydrogen) atoms. The number of likely N-dealkylation sites (N-methyl/N-ethyl adjacent to an activating group) is 1. The van der Waals surface area contributed by atoms with Crippen molar-refractivity contribution < 1.29 is 38.6 Å². The van der Waals surface area contributed by atoms with Gasteiger partial charge in [0.05, 0.1) is 47.7 Å². The lowest BCUT2D eigenvalue weighted by Crippen LogP contribution is -2.13. The Kier molecular flexibility index (Phi) is 3.16. The minimum absolute atomic E-state index is 0.675. The second-order valence-electron chi connectivity index (χ2n) is 5.72. The minimum atomic E-state index is -3.83. The van der Waals surface area contributed by atoms with Gasteiger partial charge < -0.3 is 20.3 Å². The summed E-state index contributed by atoms with van der Waals surface area (Å²) in [6.45, 7) is -13.1. The molecule has 0 fully saturated rings. The van der Waals surface area contributed by atoms with Gasteiger partial charge in [-0.05, 0) is 45.0 Å². The maximum Gasteiger partial charge on any atom is 0.248 e. The number of carbonyl (C=O) groups excluding carboxylic acids is 1. The van der Waals surface area contributed by atoms with Crippen LogP contribution in [0.15, 0.2) is 48.5 Å². The zero-order valence-electron chi connectivity index (χ0n) is 34.4. The predicted molar refractivity (Wildman–Crippen MR) is 129 cm³/mol. The number of rotatable bonds is 8. The molecule has 0 unspecified atom stereocenters. The summed E-state index contributed by atoms with van der Waals surface area (Å²) in [6.07, 6.45) is -0.884. The van der Waals surface area contributed by atoms with Crippen molar-refractivity contribution >= 4 is 45.5 Å². The van der Waals surface area contributed by atoms with E-state index in [1.165, 1.54) is 0 Å². The standard InChI is InChI=1S/C24H23ClFN5O2/c1-4-33-22-12-20-17(11-21(22)30-23(32)6-5-9-31(2)3)24(15(13-27)14-28-20)29-16-7-8-19(26)18(25)10-16/h5-8,10-12,14H,4,9H2,1-3H3,(H,28,29)(H,30,32)/b6-5+/i2D3,3D3,4D2,5D,6D,7D,8D,9D2,10D,11D,12D,14D. The van der Waals surface area contributed by atoms with Crippen LogP contribution in [0.4, 0.5) is 21.5 Å². The Morgan fingerprint density at radius 2 is 2.30 bits per heavy atom. The van der Waals surface area contributed by atoms with Crippen molar-refractivity contribution in [3.63, 3.8) is 0 Å². The van der Waals surface area contributed by atoms with Gasteiger partial charge in [0.15, 0.2) is 0 Å². The molecule has 1 heterocycles. The van der Waals surface area contributed by atoms with E-state index in [2.05, 4.69) is 10.3 Å². The highest BCUT2D eigenvalue weighted by molar-refractivity contribution is 6.31. The number of aromatic nitrogens is 1. The summed E-state index contributed by atoms with van der Waals surface area (Å²) in [6, 6.07) is -6.91. The van der Waals surface area contributed by atoms with Crippen LogP contribution in [0, 0.1) is 17.1 Å². The first-order valence-electron chi connectivity index (χ1n) is 17.6. The summed E-state index contributed by atoms with van der Waals surface area (Å²) < 4.78 is 162. The molecule has 3 rings (SSSR count). The highest BCUT2D eigenvalue weighted by Gasteiger charge is 2.15. The number of benzene rings is 2. The molecule has 0 saturated carbocycles. The van der Waals surface area contributed by atoms with Crippen molar-refractivity contribution in [2.75, 3.05) is 37.6 Å². The zero-order chi connectivity index (χ0) is 39.5. The average molecular weight is 486 g/mol. The van der Waals surface area contributed by atoms with Crippen LogP contribution in [0.1, 0.15) is 37.2 Å². The molecular weight excluding hydrogens is 445 g/mol. The van der Waals surface area contributed by atoms with E-state index in [1.807, 2.05) is 5.32 Å². The molecule has 0 atom stereocenters. The smallest absolute Gasteiger partial charge is 0.248 e. The van der Waals surface area contributed by atoms with Gasteiger partial charge in [0.2, 0.25) is 5.91 Å². The molecule has 0 aliphatic heterocycles. The van der Waals surface area contributed by atoms with Crippen molar-refractivity contribution in [3.05, 3.63) is 64.9 Å². The Labute approximate surface area is 221 Å². The van der Waals surface area contributed by atoms with Gasteiger partial charge in [-0.3, -0.25) is 9.78 Å². The maximum atomic E-state index is 14.3. The number of hydrogen-bond donors (Lipinski definition) is 2. The molecule has 0 spiro atoms. The van der Waals surface area contributed by atoms with Crippen LogP contribution >= 0.6 is 11.6 Å². The number of nitriles is 1. The lowest BCUT2D eigenvalue weighted by Gasteiger charge is -2.16. The van der Waals surface area contributed by atoms with Crippen molar-refractivity contribution in [3.8, 4) is 11.8 Å². The summed E-state index contributed by atoms with van der Waals surface area (Å²) in [5.74, 6) is -4.27. The van der Waals surface area contributed by atoms with E-state index in [1.54, 1.807) is 6.07 Å². The number of nitrogens with zero attached hydrogens (tertiary/aromatic N) is 3. The molecule has 0 aliphatic rings. The number of carbonyl (C=O) groups is 1. The first kappa shape index (κ1) is 9.67. The third-order valence-corrected chi connectivity index (χ3v) is 3.86. The van der Waals surface area contributed by atoms with E-state index in [9.17, 15) is 14.4 Å². The van der Waals surface area contributed by atoms with E-state index < -0.39 is 136 Å². The normalized spacial score (nSPS) is 21.2. The zero-order valence-corrected chi connectivity index (χ0v) is 17.2. The molecule has 2 aromatic carbocycles. The fourth-order valence-corrected chi connectivity index (χ4v) is 2.49. The number of fused-ring (bicyclic) bond motifs is 1. The van der Waals surface area contributed by atoms with Gasteiger partial charge in [-0.15, -0.1) is 0 Å². The first-order valence-corrected chi connectivity index (χ1v) is 8.96. The molecule has 1 amide bonds. The van der Waals surface area contributed by atoms with Gasteiger partial charge in [0.25, 0.3) is 0 Å². The third-order valence-electron chi connectivity index (χ3n) is 3.60. The summed E-state index contributed by atoms with van der Waals surface area (Å²) in [5.41, 5.74) is -3.82. The van der Waals surface area contributed by atoms with E-state index in [0.29, 0.717) is 0 Å². The van der Waals surface area contributed by atoms with Crippen molar-refractivity contribution in [2.24, 2.45) is 0 Å². The van der Waals surface area contributed by atoms with Crippen LogP contribution in [0.2, 0.25) is 5.02 Å². The van der Waals surface area contributed by atoms with E-state index in [0.717, 1.165) is 6.92 Å². The maximum absolute atomic E-state index is 14.3. The fourth-order valence-electron chi connectivity index (χ4n) is 2.34. The van der Waals surface area contributed by atoms with Gasteiger partial charge in [0, 0.05) is 46.8 Å². The molecule has 7 nitrogen and oxygen atoms in total. The number of hydrogen-bond acceptors (Lipinski definition) is 6. The molecule has 0 saturated heterocycles. The minimum Gasteiger partial charge on any atom is -0.492 e.